The summed E-state index contributed by atoms with van der Waals surface area (Å²) in [5, 5.41) is 6.69. The standard InChI is InChI=1S/C14H20F2N2/c1-10(9-18-11-5-6-11)17-8-7-12-13(15)3-2-4-14(12)16/h2-4,10-11,17-18H,5-9H2,1H3. The SMILES string of the molecule is CC(CNC1CC1)NCCc1c(F)cccc1F. The van der Waals surface area contributed by atoms with Gasteiger partial charge >= 0.3 is 0 Å². The Morgan fingerprint density at radius 1 is 1.28 bits per heavy atom. The average molecular weight is 254 g/mol. The van der Waals surface area contributed by atoms with Gasteiger partial charge in [-0.05, 0) is 44.9 Å². The third-order valence-corrected chi connectivity index (χ3v) is 3.22. The molecule has 0 bridgehead atoms. The zero-order chi connectivity index (χ0) is 13.0. The lowest BCUT2D eigenvalue weighted by Gasteiger charge is -2.14. The Hall–Kier alpha value is -1.00. The van der Waals surface area contributed by atoms with Gasteiger partial charge in [-0.25, -0.2) is 8.78 Å². The Bertz CT molecular complexity index is 371. The first kappa shape index (κ1) is 13.4. The molecular formula is C14H20F2N2. The first-order valence-electron chi connectivity index (χ1n) is 6.56. The molecule has 2 N–H and O–H groups in total. The molecule has 0 amide bonds. The summed E-state index contributed by atoms with van der Waals surface area (Å²) < 4.78 is 26.7. The highest BCUT2D eigenvalue weighted by Crippen LogP contribution is 2.18. The van der Waals surface area contributed by atoms with Crippen molar-refractivity contribution >= 4 is 0 Å². The molecule has 1 aromatic rings. The molecule has 18 heavy (non-hydrogen) atoms. The van der Waals surface area contributed by atoms with Crippen LogP contribution in [0.3, 0.4) is 0 Å². The molecule has 1 saturated carbocycles. The smallest absolute Gasteiger partial charge is 0.129 e. The van der Waals surface area contributed by atoms with Crippen LogP contribution in [-0.2, 0) is 6.42 Å². The normalized spacial score (nSPS) is 16.8. The number of rotatable bonds is 7. The van der Waals surface area contributed by atoms with Gasteiger partial charge in [-0.1, -0.05) is 6.07 Å². The van der Waals surface area contributed by atoms with Crippen LogP contribution in [0.5, 0.6) is 0 Å². The third-order valence-electron chi connectivity index (χ3n) is 3.22. The van der Waals surface area contributed by atoms with Crippen molar-refractivity contribution in [1.82, 2.24) is 10.6 Å². The predicted molar refractivity (Wildman–Crippen MR) is 68.6 cm³/mol. The van der Waals surface area contributed by atoms with E-state index >= 15 is 0 Å². The maximum absolute atomic E-state index is 13.4. The van der Waals surface area contributed by atoms with Gasteiger partial charge in [0.25, 0.3) is 0 Å². The van der Waals surface area contributed by atoms with Gasteiger partial charge in [-0.2, -0.15) is 0 Å². The van der Waals surface area contributed by atoms with E-state index in [9.17, 15) is 8.78 Å². The number of hydrogen-bond donors (Lipinski definition) is 2. The monoisotopic (exact) mass is 254 g/mol. The second-order valence-corrected chi connectivity index (χ2v) is 4.99. The van der Waals surface area contributed by atoms with Gasteiger partial charge in [-0.3, -0.25) is 0 Å². The summed E-state index contributed by atoms with van der Waals surface area (Å²) in [6.07, 6.45) is 2.92. The van der Waals surface area contributed by atoms with E-state index in [4.69, 9.17) is 0 Å². The largest absolute Gasteiger partial charge is 0.313 e. The van der Waals surface area contributed by atoms with Gasteiger partial charge in [0.2, 0.25) is 0 Å². The fraction of sp³-hybridized carbons (Fsp3) is 0.571. The average Bonchev–Trinajstić information content (AvgIpc) is 3.14. The van der Waals surface area contributed by atoms with Gasteiger partial charge in [0.05, 0.1) is 0 Å². The summed E-state index contributed by atoms with van der Waals surface area (Å²) in [5.41, 5.74) is 0.173. The molecular weight excluding hydrogens is 234 g/mol. The maximum Gasteiger partial charge on any atom is 0.129 e. The molecule has 0 saturated heterocycles. The Kier molecular flexibility index (Phi) is 4.66. The van der Waals surface area contributed by atoms with E-state index in [0.717, 1.165) is 6.54 Å². The van der Waals surface area contributed by atoms with E-state index < -0.39 is 11.6 Å². The van der Waals surface area contributed by atoms with Crippen molar-refractivity contribution in [2.45, 2.75) is 38.3 Å². The summed E-state index contributed by atoms with van der Waals surface area (Å²) in [6.45, 7) is 3.57. The van der Waals surface area contributed by atoms with E-state index in [1.165, 1.54) is 31.0 Å². The Balaban J connectivity index is 1.70. The first-order valence-corrected chi connectivity index (χ1v) is 6.56. The van der Waals surface area contributed by atoms with Crippen LogP contribution in [0.4, 0.5) is 8.78 Å². The number of benzene rings is 1. The van der Waals surface area contributed by atoms with Gasteiger partial charge in [0.15, 0.2) is 0 Å². The van der Waals surface area contributed by atoms with Crippen LogP contribution in [0.1, 0.15) is 25.3 Å². The second-order valence-electron chi connectivity index (χ2n) is 4.99. The van der Waals surface area contributed by atoms with E-state index in [2.05, 4.69) is 17.6 Å². The number of nitrogens with one attached hydrogen (secondary N) is 2. The molecule has 0 aliphatic heterocycles. The van der Waals surface area contributed by atoms with Gasteiger partial charge in [0.1, 0.15) is 11.6 Å². The summed E-state index contributed by atoms with van der Waals surface area (Å²) >= 11 is 0. The molecule has 1 fully saturated rings. The minimum atomic E-state index is -0.458. The van der Waals surface area contributed by atoms with Crippen LogP contribution in [0.2, 0.25) is 0 Å². The quantitative estimate of drug-likeness (QED) is 0.780. The van der Waals surface area contributed by atoms with E-state index in [0.29, 0.717) is 25.0 Å². The Morgan fingerprint density at radius 3 is 2.56 bits per heavy atom. The van der Waals surface area contributed by atoms with Gasteiger partial charge in [0, 0.05) is 24.2 Å². The Morgan fingerprint density at radius 2 is 1.94 bits per heavy atom. The fourth-order valence-electron chi connectivity index (χ4n) is 1.92. The van der Waals surface area contributed by atoms with E-state index in [-0.39, 0.29) is 5.56 Å². The lowest BCUT2D eigenvalue weighted by molar-refractivity contribution is 0.491. The maximum atomic E-state index is 13.4. The van der Waals surface area contributed by atoms with Crippen LogP contribution in [0.25, 0.3) is 0 Å². The van der Waals surface area contributed by atoms with Crippen molar-refractivity contribution in [3.63, 3.8) is 0 Å². The molecule has 1 aliphatic carbocycles. The van der Waals surface area contributed by atoms with Crippen LogP contribution in [0, 0.1) is 11.6 Å². The molecule has 4 heteroatoms. The van der Waals surface area contributed by atoms with Crippen molar-refractivity contribution in [2.24, 2.45) is 0 Å². The zero-order valence-corrected chi connectivity index (χ0v) is 10.7. The molecule has 1 aliphatic rings. The summed E-state index contributed by atoms with van der Waals surface area (Å²) in [5.74, 6) is -0.916. The summed E-state index contributed by atoms with van der Waals surface area (Å²) in [7, 11) is 0. The van der Waals surface area contributed by atoms with E-state index in [1.54, 1.807) is 0 Å². The van der Waals surface area contributed by atoms with Gasteiger partial charge in [-0.15, -0.1) is 0 Å². The molecule has 2 rings (SSSR count). The zero-order valence-electron chi connectivity index (χ0n) is 10.7. The van der Waals surface area contributed by atoms with Crippen molar-refractivity contribution in [3.8, 4) is 0 Å². The number of hydrogen-bond acceptors (Lipinski definition) is 2. The van der Waals surface area contributed by atoms with Crippen LogP contribution in [-0.4, -0.2) is 25.2 Å². The van der Waals surface area contributed by atoms with Crippen LogP contribution in [0.15, 0.2) is 18.2 Å². The van der Waals surface area contributed by atoms with Crippen molar-refractivity contribution in [2.75, 3.05) is 13.1 Å². The highest BCUT2D eigenvalue weighted by molar-refractivity contribution is 5.19. The lowest BCUT2D eigenvalue weighted by atomic mass is 10.1. The second kappa shape index (κ2) is 6.25. The fourth-order valence-corrected chi connectivity index (χ4v) is 1.92. The molecule has 100 valence electrons. The molecule has 2 nitrogen and oxygen atoms in total. The summed E-state index contributed by atoms with van der Waals surface area (Å²) in [6, 6.07) is 5.01. The molecule has 1 atom stereocenters. The molecule has 0 heterocycles. The highest BCUT2D eigenvalue weighted by Gasteiger charge is 2.20. The van der Waals surface area contributed by atoms with E-state index in [1.807, 2.05) is 0 Å². The van der Waals surface area contributed by atoms with Crippen molar-refractivity contribution < 1.29 is 8.78 Å². The van der Waals surface area contributed by atoms with Crippen molar-refractivity contribution in [3.05, 3.63) is 35.4 Å². The van der Waals surface area contributed by atoms with Gasteiger partial charge < -0.3 is 10.6 Å². The molecule has 1 aromatic carbocycles. The topological polar surface area (TPSA) is 24.1 Å². The molecule has 0 radical (unpaired) electrons. The van der Waals surface area contributed by atoms with Crippen molar-refractivity contribution in [1.29, 1.82) is 0 Å². The Labute approximate surface area is 107 Å². The predicted octanol–water partition coefficient (Wildman–Crippen LogP) is 2.24. The minimum Gasteiger partial charge on any atom is -0.313 e. The molecule has 0 aromatic heterocycles. The highest BCUT2D eigenvalue weighted by atomic mass is 19.1. The third kappa shape index (κ3) is 4.03. The number of halogens is 2. The molecule has 1 unspecified atom stereocenters. The minimum absolute atomic E-state index is 0.173. The lowest BCUT2D eigenvalue weighted by Crippen LogP contribution is -2.38. The van der Waals surface area contributed by atoms with Crippen LogP contribution >= 0.6 is 0 Å². The van der Waals surface area contributed by atoms with Crippen LogP contribution < -0.4 is 10.6 Å². The molecule has 0 spiro atoms. The summed E-state index contributed by atoms with van der Waals surface area (Å²) in [4.78, 5) is 0. The first-order chi connectivity index (χ1) is 8.66.